The largest absolute Gasteiger partial charge is 0.496 e. The fourth-order valence-electron chi connectivity index (χ4n) is 5.38. The molecule has 0 radical (unpaired) electrons. The van der Waals surface area contributed by atoms with E-state index in [1.807, 2.05) is 61.6 Å². The predicted octanol–water partition coefficient (Wildman–Crippen LogP) is 5.64. The molecule has 2 aliphatic rings. The van der Waals surface area contributed by atoms with Crippen LogP contribution in [0.15, 0.2) is 35.9 Å². The quantitative estimate of drug-likeness (QED) is 0.450. The molecule has 1 aromatic heterocycles. The van der Waals surface area contributed by atoms with E-state index < -0.39 is 0 Å². The van der Waals surface area contributed by atoms with Gasteiger partial charge in [0.25, 0.3) is 5.91 Å². The number of ether oxygens (including phenoxy) is 2. The molecule has 8 nitrogen and oxygen atoms in total. The summed E-state index contributed by atoms with van der Waals surface area (Å²) in [4.78, 5) is 30.0. The number of likely N-dealkylation sites (tertiary alicyclic amines) is 1. The predicted molar refractivity (Wildman–Crippen MR) is 155 cm³/mol. The third-order valence-electron chi connectivity index (χ3n) is 7.27. The van der Waals surface area contributed by atoms with E-state index >= 15 is 0 Å². The number of carbonyl (C=O) groups excluding carboxylic acids is 2. The van der Waals surface area contributed by atoms with Crippen LogP contribution in [0.2, 0.25) is 0 Å². The molecule has 2 aliphatic heterocycles. The van der Waals surface area contributed by atoms with Crippen LogP contribution in [0.25, 0.3) is 23.0 Å². The van der Waals surface area contributed by atoms with E-state index in [0.717, 1.165) is 52.2 Å². The average molecular weight is 533 g/mol. The first-order valence-corrected chi connectivity index (χ1v) is 13.6. The van der Waals surface area contributed by atoms with E-state index in [2.05, 4.69) is 12.1 Å². The summed E-state index contributed by atoms with van der Waals surface area (Å²) >= 11 is 0. The second kappa shape index (κ2) is 11.9. The van der Waals surface area contributed by atoms with E-state index in [-0.39, 0.29) is 24.3 Å². The van der Waals surface area contributed by atoms with Crippen molar-refractivity contribution in [1.29, 1.82) is 0 Å². The monoisotopic (exact) mass is 532 g/mol. The number of rotatable bonds is 6. The van der Waals surface area contributed by atoms with Crippen LogP contribution in [0.5, 0.6) is 11.5 Å². The number of carbonyl (C=O) groups is 2. The molecule has 1 atom stereocenters. The Kier molecular flexibility index (Phi) is 8.63. The van der Waals surface area contributed by atoms with Gasteiger partial charge in [0.15, 0.2) is 5.69 Å². The van der Waals surface area contributed by atoms with Crippen LogP contribution >= 0.6 is 0 Å². The number of methoxy groups -OCH3 is 1. The van der Waals surface area contributed by atoms with E-state index in [0.29, 0.717) is 31.0 Å². The lowest BCUT2D eigenvalue weighted by molar-refractivity contribution is -0.133. The Labute approximate surface area is 231 Å². The molecule has 8 heteroatoms. The second-order valence-electron chi connectivity index (χ2n) is 10.6. The highest BCUT2D eigenvalue weighted by molar-refractivity contribution is 5.97. The van der Waals surface area contributed by atoms with Gasteiger partial charge in [-0.05, 0) is 59.1 Å². The SMILES string of the molecule is C/C=C\C(=C/C)n1nc(C(=O)N2CCCC(C(=O)N(C)C)CC2)c2c1-c1cc(C=C(C)C)c(OC)cc1OC2. The van der Waals surface area contributed by atoms with Gasteiger partial charge < -0.3 is 19.3 Å². The molecule has 0 bridgehead atoms. The lowest BCUT2D eigenvalue weighted by atomic mass is 9.98. The van der Waals surface area contributed by atoms with Gasteiger partial charge in [0, 0.05) is 55.9 Å². The number of hydrogen-bond donors (Lipinski definition) is 0. The molecular weight excluding hydrogens is 492 g/mol. The van der Waals surface area contributed by atoms with Crippen molar-refractivity contribution in [3.05, 3.63) is 52.8 Å². The number of fused-ring (bicyclic) bond motifs is 3. The normalized spacial score (nSPS) is 17.2. The molecule has 1 fully saturated rings. The lowest BCUT2D eigenvalue weighted by Gasteiger charge is -2.23. The molecule has 1 saturated heterocycles. The Morgan fingerprint density at radius 1 is 1.15 bits per heavy atom. The van der Waals surface area contributed by atoms with E-state index in [1.54, 1.807) is 26.1 Å². The molecule has 39 heavy (non-hydrogen) atoms. The molecular formula is C31H40N4O4. The van der Waals surface area contributed by atoms with Crippen molar-refractivity contribution in [1.82, 2.24) is 19.6 Å². The summed E-state index contributed by atoms with van der Waals surface area (Å²) in [5, 5.41) is 4.91. The molecule has 0 aliphatic carbocycles. The first-order valence-electron chi connectivity index (χ1n) is 13.6. The molecule has 2 aromatic rings. The fraction of sp³-hybridized carbons (Fsp3) is 0.452. The number of nitrogens with zero attached hydrogens (tertiary/aromatic N) is 4. The highest BCUT2D eigenvalue weighted by Gasteiger charge is 2.34. The van der Waals surface area contributed by atoms with Crippen molar-refractivity contribution in [3.8, 4) is 22.8 Å². The minimum Gasteiger partial charge on any atom is -0.496 e. The van der Waals surface area contributed by atoms with Gasteiger partial charge in [-0.3, -0.25) is 9.59 Å². The maximum absolute atomic E-state index is 14.0. The van der Waals surface area contributed by atoms with Crippen LogP contribution in [0, 0.1) is 5.92 Å². The topological polar surface area (TPSA) is 76.9 Å². The second-order valence-corrected chi connectivity index (χ2v) is 10.6. The first kappa shape index (κ1) is 28.2. The Morgan fingerprint density at radius 3 is 2.56 bits per heavy atom. The summed E-state index contributed by atoms with van der Waals surface area (Å²) in [6, 6.07) is 3.96. The number of amides is 2. The Morgan fingerprint density at radius 2 is 1.92 bits per heavy atom. The molecule has 4 rings (SSSR count). The van der Waals surface area contributed by atoms with Crippen molar-refractivity contribution in [2.75, 3.05) is 34.3 Å². The maximum atomic E-state index is 14.0. The van der Waals surface area contributed by atoms with Crippen LogP contribution in [-0.2, 0) is 11.4 Å². The van der Waals surface area contributed by atoms with Gasteiger partial charge >= 0.3 is 0 Å². The summed E-state index contributed by atoms with van der Waals surface area (Å²) < 4.78 is 13.7. The molecule has 0 saturated carbocycles. The summed E-state index contributed by atoms with van der Waals surface area (Å²) in [7, 11) is 5.23. The Balaban J connectivity index is 1.81. The van der Waals surface area contributed by atoms with Gasteiger partial charge in [-0.25, -0.2) is 4.68 Å². The highest BCUT2D eigenvalue weighted by atomic mass is 16.5. The smallest absolute Gasteiger partial charge is 0.274 e. The van der Waals surface area contributed by atoms with Crippen molar-refractivity contribution in [2.24, 2.45) is 5.92 Å². The van der Waals surface area contributed by atoms with Crippen LogP contribution in [0.3, 0.4) is 0 Å². The van der Waals surface area contributed by atoms with E-state index in [9.17, 15) is 9.59 Å². The molecule has 0 N–H and O–H groups in total. The third-order valence-corrected chi connectivity index (χ3v) is 7.27. The zero-order valence-corrected chi connectivity index (χ0v) is 24.2. The maximum Gasteiger partial charge on any atom is 0.274 e. The van der Waals surface area contributed by atoms with Crippen LogP contribution < -0.4 is 9.47 Å². The van der Waals surface area contributed by atoms with Crippen molar-refractivity contribution < 1.29 is 19.1 Å². The molecule has 208 valence electrons. The van der Waals surface area contributed by atoms with Gasteiger partial charge in [-0.1, -0.05) is 23.8 Å². The summed E-state index contributed by atoms with van der Waals surface area (Å²) in [5.74, 6) is 1.37. The third kappa shape index (κ3) is 5.65. The first-order chi connectivity index (χ1) is 18.7. The number of allylic oxidation sites excluding steroid dienone is 5. The number of benzene rings is 1. The lowest BCUT2D eigenvalue weighted by Crippen LogP contribution is -2.34. The van der Waals surface area contributed by atoms with Crippen molar-refractivity contribution >= 4 is 23.6 Å². The molecule has 2 amide bonds. The Hall–Kier alpha value is -3.81. The van der Waals surface area contributed by atoms with Crippen molar-refractivity contribution in [3.63, 3.8) is 0 Å². The highest BCUT2D eigenvalue weighted by Crippen LogP contribution is 2.44. The standard InChI is InChI=1S/C31H40N4O4/c1-8-11-23(9-2)35-29-24-17-22(16-20(3)4)26(38-7)18-27(24)39-19-25(29)28(32-35)31(37)34-14-10-12-21(13-15-34)30(36)33(5)6/h8-9,11,16-18,21H,10,12-15,19H2,1-7H3/b11-8-,23-9+. The number of aromatic nitrogens is 2. The summed E-state index contributed by atoms with van der Waals surface area (Å²) in [5.41, 5.74) is 5.84. The van der Waals surface area contributed by atoms with Crippen LogP contribution in [0.1, 0.15) is 68.6 Å². The minimum atomic E-state index is -0.121. The van der Waals surface area contributed by atoms with E-state index in [1.165, 1.54) is 0 Å². The zero-order valence-electron chi connectivity index (χ0n) is 24.2. The summed E-state index contributed by atoms with van der Waals surface area (Å²) in [6.07, 6.45) is 10.2. The van der Waals surface area contributed by atoms with Crippen LogP contribution in [0.4, 0.5) is 0 Å². The average Bonchev–Trinajstić information content (AvgIpc) is 3.12. The number of hydrogen-bond acceptors (Lipinski definition) is 5. The zero-order chi connectivity index (χ0) is 28.3. The molecule has 1 aromatic carbocycles. The van der Waals surface area contributed by atoms with E-state index in [4.69, 9.17) is 14.6 Å². The van der Waals surface area contributed by atoms with Gasteiger partial charge in [0.2, 0.25) is 5.91 Å². The van der Waals surface area contributed by atoms with Gasteiger partial charge in [0.1, 0.15) is 18.1 Å². The minimum absolute atomic E-state index is 0.0627. The molecule has 0 spiro atoms. The Bertz CT molecular complexity index is 1340. The molecule has 3 heterocycles. The summed E-state index contributed by atoms with van der Waals surface area (Å²) in [6.45, 7) is 9.37. The van der Waals surface area contributed by atoms with Crippen molar-refractivity contribution in [2.45, 2.75) is 53.6 Å². The van der Waals surface area contributed by atoms with Gasteiger partial charge in [0.05, 0.1) is 18.5 Å². The molecule has 1 unspecified atom stereocenters. The van der Waals surface area contributed by atoms with Gasteiger partial charge in [-0.2, -0.15) is 5.10 Å². The van der Waals surface area contributed by atoms with Gasteiger partial charge in [-0.15, -0.1) is 0 Å². The van der Waals surface area contributed by atoms with Crippen LogP contribution in [-0.4, -0.2) is 65.7 Å². The fourth-order valence-corrected chi connectivity index (χ4v) is 5.38.